The van der Waals surface area contributed by atoms with Gasteiger partial charge in [0.25, 0.3) is 0 Å². The van der Waals surface area contributed by atoms with Crippen molar-refractivity contribution < 1.29 is 4.79 Å². The van der Waals surface area contributed by atoms with Crippen LogP contribution in [0.2, 0.25) is 0 Å². The highest BCUT2D eigenvalue weighted by Crippen LogP contribution is 2.18. The summed E-state index contributed by atoms with van der Waals surface area (Å²) in [6, 6.07) is 0.732. The quantitative estimate of drug-likeness (QED) is 0.775. The van der Waals surface area contributed by atoms with Crippen molar-refractivity contribution in [3.05, 3.63) is 0 Å². The maximum Gasteiger partial charge on any atom is 0.223 e. The molecule has 0 aliphatic carbocycles. The van der Waals surface area contributed by atoms with Gasteiger partial charge in [0, 0.05) is 37.3 Å². The zero-order chi connectivity index (χ0) is 12.3. The lowest BCUT2D eigenvalue weighted by atomic mass is 10.0. The number of likely N-dealkylation sites (tertiary alicyclic amines) is 2. The van der Waals surface area contributed by atoms with Crippen LogP contribution in [-0.2, 0) is 4.79 Å². The van der Waals surface area contributed by atoms with Crippen molar-refractivity contribution in [2.75, 3.05) is 26.2 Å². The van der Waals surface area contributed by atoms with E-state index in [0.717, 1.165) is 32.1 Å². The minimum atomic E-state index is 0.261. The van der Waals surface area contributed by atoms with Gasteiger partial charge in [-0.1, -0.05) is 6.42 Å². The fourth-order valence-corrected chi connectivity index (χ4v) is 3.28. The molecule has 2 saturated heterocycles. The summed E-state index contributed by atoms with van der Waals surface area (Å²) < 4.78 is 0. The second-order valence-electron chi connectivity index (χ2n) is 5.43. The summed E-state index contributed by atoms with van der Waals surface area (Å²) in [5.74, 6) is 0.289. The van der Waals surface area contributed by atoms with Crippen molar-refractivity contribution in [3.63, 3.8) is 0 Å². The molecule has 4 heteroatoms. The lowest BCUT2D eigenvalue weighted by Gasteiger charge is -2.33. The van der Waals surface area contributed by atoms with E-state index in [9.17, 15) is 4.79 Å². The fraction of sp³-hybridized carbons (Fsp3) is 0.923. The summed E-state index contributed by atoms with van der Waals surface area (Å²) in [6.07, 6.45) is 5.79. The van der Waals surface area contributed by atoms with Crippen LogP contribution in [-0.4, -0.2) is 53.2 Å². The number of carbonyl (C=O) groups is 1. The smallest absolute Gasteiger partial charge is 0.223 e. The highest BCUT2D eigenvalue weighted by molar-refractivity contribution is 7.81. The summed E-state index contributed by atoms with van der Waals surface area (Å²) >= 11 is 4.38. The molecule has 2 atom stereocenters. The molecule has 0 bridgehead atoms. The Morgan fingerprint density at radius 3 is 2.82 bits per heavy atom. The van der Waals surface area contributed by atoms with E-state index < -0.39 is 0 Å². The first-order valence-corrected chi connectivity index (χ1v) is 7.38. The molecule has 3 nitrogen and oxygen atoms in total. The van der Waals surface area contributed by atoms with Crippen LogP contribution in [0.25, 0.3) is 0 Å². The van der Waals surface area contributed by atoms with Crippen LogP contribution >= 0.6 is 12.6 Å². The number of piperidine rings is 1. The Kier molecular flexibility index (Phi) is 4.74. The van der Waals surface area contributed by atoms with E-state index in [4.69, 9.17) is 0 Å². The standard InChI is InChI=1S/C13H24N2OS/c1-11-5-2-3-6-14(11)7-4-8-15-10-12(17)9-13(15)16/h11-12,17H,2-10H2,1H3. The zero-order valence-electron chi connectivity index (χ0n) is 10.8. The third kappa shape index (κ3) is 3.62. The first-order chi connectivity index (χ1) is 8.16. The van der Waals surface area contributed by atoms with E-state index in [1.807, 2.05) is 4.90 Å². The van der Waals surface area contributed by atoms with Crippen molar-refractivity contribution in [1.82, 2.24) is 9.80 Å². The summed E-state index contributed by atoms with van der Waals surface area (Å²) in [4.78, 5) is 16.1. The van der Waals surface area contributed by atoms with Gasteiger partial charge in [-0.25, -0.2) is 0 Å². The van der Waals surface area contributed by atoms with Crippen molar-refractivity contribution in [2.45, 2.75) is 50.3 Å². The Labute approximate surface area is 110 Å². The van der Waals surface area contributed by atoms with Gasteiger partial charge >= 0.3 is 0 Å². The van der Waals surface area contributed by atoms with Crippen LogP contribution in [0.3, 0.4) is 0 Å². The van der Waals surface area contributed by atoms with Gasteiger partial charge in [0.2, 0.25) is 5.91 Å². The summed E-state index contributed by atoms with van der Waals surface area (Å²) in [7, 11) is 0. The highest BCUT2D eigenvalue weighted by atomic mass is 32.1. The number of amides is 1. The van der Waals surface area contributed by atoms with Crippen molar-refractivity contribution in [2.24, 2.45) is 0 Å². The van der Waals surface area contributed by atoms with Crippen molar-refractivity contribution in [3.8, 4) is 0 Å². The molecule has 0 N–H and O–H groups in total. The molecule has 0 spiro atoms. The lowest BCUT2D eigenvalue weighted by Crippen LogP contribution is -2.39. The molecule has 2 unspecified atom stereocenters. The summed E-state index contributed by atoms with van der Waals surface area (Å²) in [6.45, 7) is 6.47. The third-order valence-electron chi connectivity index (χ3n) is 4.01. The van der Waals surface area contributed by atoms with E-state index in [0.29, 0.717) is 6.42 Å². The average Bonchev–Trinajstić information content (AvgIpc) is 2.60. The molecule has 2 rings (SSSR count). The Morgan fingerprint density at radius 2 is 2.18 bits per heavy atom. The van der Waals surface area contributed by atoms with Crippen LogP contribution in [0.5, 0.6) is 0 Å². The van der Waals surface area contributed by atoms with E-state index >= 15 is 0 Å². The number of nitrogens with zero attached hydrogens (tertiary/aromatic N) is 2. The minimum absolute atomic E-state index is 0.261. The van der Waals surface area contributed by atoms with Crippen LogP contribution < -0.4 is 0 Å². The zero-order valence-corrected chi connectivity index (χ0v) is 11.7. The molecule has 98 valence electrons. The Bertz CT molecular complexity index is 272. The van der Waals surface area contributed by atoms with Crippen LogP contribution in [0, 0.1) is 0 Å². The van der Waals surface area contributed by atoms with Crippen LogP contribution in [0.1, 0.15) is 39.0 Å². The molecule has 0 saturated carbocycles. The normalized spacial score (nSPS) is 31.2. The molecule has 2 aliphatic heterocycles. The second-order valence-corrected chi connectivity index (χ2v) is 6.16. The van der Waals surface area contributed by atoms with Crippen molar-refractivity contribution >= 4 is 18.5 Å². The van der Waals surface area contributed by atoms with E-state index in [2.05, 4.69) is 24.5 Å². The topological polar surface area (TPSA) is 23.6 Å². The maximum atomic E-state index is 11.6. The van der Waals surface area contributed by atoms with Gasteiger partial charge in [-0.05, 0) is 32.7 Å². The number of hydrogen-bond donors (Lipinski definition) is 1. The number of hydrogen-bond acceptors (Lipinski definition) is 3. The first kappa shape index (κ1) is 13.2. The minimum Gasteiger partial charge on any atom is -0.342 e. The van der Waals surface area contributed by atoms with Gasteiger partial charge < -0.3 is 9.80 Å². The summed E-state index contributed by atoms with van der Waals surface area (Å²) in [5.41, 5.74) is 0. The summed E-state index contributed by atoms with van der Waals surface area (Å²) in [5, 5.41) is 0.261. The molecular formula is C13H24N2OS. The predicted molar refractivity (Wildman–Crippen MR) is 73.5 cm³/mol. The molecular weight excluding hydrogens is 232 g/mol. The largest absolute Gasteiger partial charge is 0.342 e. The number of thiol groups is 1. The molecule has 0 aromatic heterocycles. The molecule has 0 aromatic rings. The molecule has 2 fully saturated rings. The van der Waals surface area contributed by atoms with Gasteiger partial charge in [-0.15, -0.1) is 0 Å². The monoisotopic (exact) mass is 256 g/mol. The predicted octanol–water partition coefficient (Wildman–Crippen LogP) is 1.78. The Morgan fingerprint density at radius 1 is 1.35 bits per heavy atom. The fourth-order valence-electron chi connectivity index (χ4n) is 2.92. The van der Waals surface area contributed by atoms with Gasteiger partial charge in [0.1, 0.15) is 0 Å². The SMILES string of the molecule is CC1CCCCN1CCCN1CC(S)CC1=O. The molecule has 17 heavy (non-hydrogen) atoms. The van der Waals surface area contributed by atoms with E-state index in [1.165, 1.54) is 25.8 Å². The molecule has 2 aliphatic rings. The molecule has 2 heterocycles. The van der Waals surface area contributed by atoms with Crippen LogP contribution in [0.4, 0.5) is 0 Å². The van der Waals surface area contributed by atoms with E-state index in [-0.39, 0.29) is 11.2 Å². The molecule has 0 radical (unpaired) electrons. The molecule has 0 aromatic carbocycles. The maximum absolute atomic E-state index is 11.6. The van der Waals surface area contributed by atoms with Crippen LogP contribution in [0.15, 0.2) is 0 Å². The van der Waals surface area contributed by atoms with Gasteiger partial charge in [-0.3, -0.25) is 4.79 Å². The third-order valence-corrected chi connectivity index (χ3v) is 4.35. The number of rotatable bonds is 4. The van der Waals surface area contributed by atoms with Gasteiger partial charge in [-0.2, -0.15) is 12.6 Å². The molecule has 1 amide bonds. The van der Waals surface area contributed by atoms with Gasteiger partial charge in [0.15, 0.2) is 0 Å². The van der Waals surface area contributed by atoms with E-state index in [1.54, 1.807) is 0 Å². The van der Waals surface area contributed by atoms with Gasteiger partial charge in [0.05, 0.1) is 0 Å². The highest BCUT2D eigenvalue weighted by Gasteiger charge is 2.26. The average molecular weight is 256 g/mol. The number of carbonyl (C=O) groups excluding carboxylic acids is 1. The van der Waals surface area contributed by atoms with Crippen molar-refractivity contribution in [1.29, 1.82) is 0 Å². The Balaban J connectivity index is 1.67. The first-order valence-electron chi connectivity index (χ1n) is 6.86. The Hall–Kier alpha value is -0.220. The lowest BCUT2D eigenvalue weighted by molar-refractivity contribution is -0.127. The second kappa shape index (κ2) is 6.10.